The van der Waals surface area contributed by atoms with Crippen LogP contribution in [0.1, 0.15) is 16.1 Å². The van der Waals surface area contributed by atoms with Crippen LogP contribution >= 0.6 is 0 Å². The van der Waals surface area contributed by atoms with E-state index in [1.807, 2.05) is 48.1 Å². The standard InChI is InChI=1S/C16H13NO2/c1-12-4-6-15(17-8-2-3-9-17)14(10-12)16-7-5-13(11-18)19-16/h2-11H,1H3. The quantitative estimate of drug-likeness (QED) is 0.662. The molecule has 19 heavy (non-hydrogen) atoms. The lowest BCUT2D eigenvalue weighted by Crippen LogP contribution is -1.93. The molecule has 94 valence electrons. The van der Waals surface area contributed by atoms with Gasteiger partial charge in [0, 0.05) is 18.0 Å². The number of hydrogen-bond acceptors (Lipinski definition) is 2. The lowest BCUT2D eigenvalue weighted by molar-refractivity contribution is 0.110. The zero-order valence-electron chi connectivity index (χ0n) is 10.5. The fourth-order valence-electron chi connectivity index (χ4n) is 2.13. The zero-order chi connectivity index (χ0) is 13.2. The third-order valence-corrected chi connectivity index (χ3v) is 3.04. The summed E-state index contributed by atoms with van der Waals surface area (Å²) in [6.07, 6.45) is 4.68. The molecule has 1 aromatic carbocycles. The molecule has 0 saturated carbocycles. The third kappa shape index (κ3) is 2.10. The highest BCUT2D eigenvalue weighted by molar-refractivity contribution is 5.75. The molecule has 2 aromatic heterocycles. The third-order valence-electron chi connectivity index (χ3n) is 3.04. The number of carbonyl (C=O) groups is 1. The molecule has 2 heterocycles. The summed E-state index contributed by atoms with van der Waals surface area (Å²) in [5.74, 6) is 1.05. The second-order valence-corrected chi connectivity index (χ2v) is 4.43. The Hall–Kier alpha value is -2.55. The van der Waals surface area contributed by atoms with Crippen LogP contribution in [-0.2, 0) is 0 Å². The van der Waals surface area contributed by atoms with Crippen molar-refractivity contribution in [2.24, 2.45) is 0 Å². The van der Waals surface area contributed by atoms with Gasteiger partial charge in [-0.05, 0) is 43.3 Å². The Bertz CT molecular complexity index is 708. The monoisotopic (exact) mass is 251 g/mol. The number of aldehydes is 1. The highest BCUT2D eigenvalue weighted by Crippen LogP contribution is 2.29. The average molecular weight is 251 g/mol. The minimum absolute atomic E-state index is 0.343. The van der Waals surface area contributed by atoms with Crippen molar-refractivity contribution in [3.05, 3.63) is 66.2 Å². The van der Waals surface area contributed by atoms with Crippen molar-refractivity contribution in [3.63, 3.8) is 0 Å². The van der Waals surface area contributed by atoms with E-state index in [1.165, 1.54) is 0 Å². The molecule has 0 radical (unpaired) electrons. The van der Waals surface area contributed by atoms with E-state index in [0.717, 1.165) is 16.8 Å². The minimum atomic E-state index is 0.343. The molecule has 3 rings (SSSR count). The van der Waals surface area contributed by atoms with Gasteiger partial charge in [-0.3, -0.25) is 4.79 Å². The summed E-state index contributed by atoms with van der Waals surface area (Å²) in [5.41, 5.74) is 3.15. The van der Waals surface area contributed by atoms with Gasteiger partial charge in [0.25, 0.3) is 0 Å². The number of benzene rings is 1. The topological polar surface area (TPSA) is 35.1 Å². The van der Waals surface area contributed by atoms with Crippen LogP contribution in [0.2, 0.25) is 0 Å². The van der Waals surface area contributed by atoms with Gasteiger partial charge in [-0.25, -0.2) is 0 Å². The predicted molar refractivity (Wildman–Crippen MR) is 73.6 cm³/mol. The van der Waals surface area contributed by atoms with E-state index in [2.05, 4.69) is 12.1 Å². The highest BCUT2D eigenvalue weighted by atomic mass is 16.3. The summed E-state index contributed by atoms with van der Waals surface area (Å²) >= 11 is 0. The smallest absolute Gasteiger partial charge is 0.185 e. The first-order valence-electron chi connectivity index (χ1n) is 6.07. The average Bonchev–Trinajstić information content (AvgIpc) is 3.10. The van der Waals surface area contributed by atoms with Gasteiger partial charge in [-0.1, -0.05) is 11.6 Å². The van der Waals surface area contributed by atoms with Crippen molar-refractivity contribution in [2.75, 3.05) is 0 Å². The molecular formula is C16H13NO2. The lowest BCUT2D eigenvalue weighted by Gasteiger charge is -2.09. The van der Waals surface area contributed by atoms with E-state index in [9.17, 15) is 4.79 Å². The van der Waals surface area contributed by atoms with E-state index in [1.54, 1.807) is 6.07 Å². The maximum absolute atomic E-state index is 10.7. The molecule has 3 nitrogen and oxygen atoms in total. The molecule has 0 unspecified atom stereocenters. The molecule has 0 atom stereocenters. The molecule has 0 aliphatic heterocycles. The van der Waals surface area contributed by atoms with Gasteiger partial charge in [0.15, 0.2) is 12.0 Å². The van der Waals surface area contributed by atoms with Crippen molar-refractivity contribution in [2.45, 2.75) is 6.92 Å². The number of aryl methyl sites for hydroxylation is 1. The van der Waals surface area contributed by atoms with E-state index in [-0.39, 0.29) is 0 Å². The molecule has 3 heteroatoms. The van der Waals surface area contributed by atoms with Crippen LogP contribution in [0.5, 0.6) is 0 Å². The summed E-state index contributed by atoms with van der Waals surface area (Å²) in [7, 11) is 0. The van der Waals surface area contributed by atoms with Crippen molar-refractivity contribution in [1.29, 1.82) is 0 Å². The summed E-state index contributed by atoms with van der Waals surface area (Å²) < 4.78 is 7.56. The van der Waals surface area contributed by atoms with Gasteiger partial charge in [-0.2, -0.15) is 0 Å². The largest absolute Gasteiger partial charge is 0.453 e. The predicted octanol–water partition coefficient (Wildman–Crippen LogP) is 3.86. The molecule has 0 aliphatic carbocycles. The van der Waals surface area contributed by atoms with Crippen molar-refractivity contribution in [1.82, 2.24) is 4.57 Å². The molecule has 0 spiro atoms. The Morgan fingerprint density at radius 2 is 1.89 bits per heavy atom. The van der Waals surface area contributed by atoms with Crippen LogP contribution < -0.4 is 0 Å². The summed E-state index contributed by atoms with van der Waals surface area (Å²) in [5, 5.41) is 0. The van der Waals surface area contributed by atoms with Crippen molar-refractivity contribution in [3.8, 4) is 17.0 Å². The molecule has 0 N–H and O–H groups in total. The fourth-order valence-corrected chi connectivity index (χ4v) is 2.13. The summed E-state index contributed by atoms with van der Waals surface area (Å²) in [6, 6.07) is 13.6. The van der Waals surface area contributed by atoms with E-state index in [0.29, 0.717) is 17.8 Å². The Balaban J connectivity index is 2.18. The highest BCUT2D eigenvalue weighted by Gasteiger charge is 2.11. The van der Waals surface area contributed by atoms with Crippen LogP contribution in [0.15, 0.2) is 59.3 Å². The van der Waals surface area contributed by atoms with Crippen LogP contribution in [-0.4, -0.2) is 10.9 Å². The molecule has 0 saturated heterocycles. The van der Waals surface area contributed by atoms with Crippen LogP contribution in [0.3, 0.4) is 0 Å². The normalized spacial score (nSPS) is 10.6. The molecular weight excluding hydrogens is 238 g/mol. The maximum Gasteiger partial charge on any atom is 0.185 e. The number of aromatic nitrogens is 1. The SMILES string of the molecule is Cc1ccc(-n2cccc2)c(-c2ccc(C=O)o2)c1. The van der Waals surface area contributed by atoms with Crippen LogP contribution in [0, 0.1) is 6.92 Å². The Labute approximate surface area is 111 Å². The Morgan fingerprint density at radius 1 is 1.11 bits per heavy atom. The number of carbonyl (C=O) groups excluding carboxylic acids is 1. The first kappa shape index (κ1) is 11.5. The first-order chi connectivity index (χ1) is 9.28. The molecule has 0 bridgehead atoms. The number of nitrogens with zero attached hydrogens (tertiary/aromatic N) is 1. The number of rotatable bonds is 3. The Morgan fingerprint density at radius 3 is 2.58 bits per heavy atom. The zero-order valence-corrected chi connectivity index (χ0v) is 10.5. The van der Waals surface area contributed by atoms with E-state index >= 15 is 0 Å². The number of furan rings is 1. The first-order valence-corrected chi connectivity index (χ1v) is 6.07. The minimum Gasteiger partial charge on any atom is -0.453 e. The van der Waals surface area contributed by atoms with Gasteiger partial charge in [0.2, 0.25) is 0 Å². The molecule has 0 aliphatic rings. The summed E-state index contributed by atoms with van der Waals surface area (Å²) in [6.45, 7) is 2.03. The van der Waals surface area contributed by atoms with Gasteiger partial charge in [-0.15, -0.1) is 0 Å². The second kappa shape index (κ2) is 4.61. The van der Waals surface area contributed by atoms with Crippen molar-refractivity contribution < 1.29 is 9.21 Å². The lowest BCUT2D eigenvalue weighted by atomic mass is 10.1. The van der Waals surface area contributed by atoms with Gasteiger partial charge >= 0.3 is 0 Å². The van der Waals surface area contributed by atoms with E-state index in [4.69, 9.17) is 4.42 Å². The Kier molecular flexibility index (Phi) is 2.80. The van der Waals surface area contributed by atoms with Crippen LogP contribution in [0.4, 0.5) is 0 Å². The molecule has 0 fully saturated rings. The van der Waals surface area contributed by atoms with Gasteiger partial charge in [0.1, 0.15) is 5.76 Å². The second-order valence-electron chi connectivity index (χ2n) is 4.43. The van der Waals surface area contributed by atoms with E-state index < -0.39 is 0 Å². The molecule has 3 aromatic rings. The van der Waals surface area contributed by atoms with Gasteiger partial charge < -0.3 is 8.98 Å². The van der Waals surface area contributed by atoms with Crippen LogP contribution in [0.25, 0.3) is 17.0 Å². The maximum atomic E-state index is 10.7. The van der Waals surface area contributed by atoms with Crippen molar-refractivity contribution >= 4 is 6.29 Å². The summed E-state index contributed by atoms with van der Waals surface area (Å²) in [4.78, 5) is 10.7. The fraction of sp³-hybridized carbons (Fsp3) is 0.0625. The van der Waals surface area contributed by atoms with Gasteiger partial charge in [0.05, 0.1) is 5.69 Å². The number of hydrogen-bond donors (Lipinski definition) is 0. The molecule has 0 amide bonds.